The lowest BCUT2D eigenvalue weighted by Gasteiger charge is -2.53. The van der Waals surface area contributed by atoms with Crippen LogP contribution in [0, 0.1) is 12.8 Å². The maximum absolute atomic E-state index is 13.2. The molecule has 1 fully saturated rings. The third-order valence-electron chi connectivity index (χ3n) is 7.37. The Bertz CT molecular complexity index is 1250. The highest BCUT2D eigenvalue weighted by Gasteiger charge is 2.52. The number of aryl methyl sites for hydroxylation is 2. The summed E-state index contributed by atoms with van der Waals surface area (Å²) < 4.78 is 34.9. The van der Waals surface area contributed by atoms with E-state index >= 15 is 0 Å². The molecule has 1 saturated heterocycles. The smallest absolute Gasteiger partial charge is 0.178 e. The van der Waals surface area contributed by atoms with Crippen LogP contribution in [0.4, 0.5) is 0 Å². The van der Waals surface area contributed by atoms with Gasteiger partial charge >= 0.3 is 0 Å². The van der Waals surface area contributed by atoms with E-state index in [0.717, 1.165) is 18.5 Å². The molecule has 0 bridgehead atoms. The molecular formula is C25H30N2O3S. The predicted octanol–water partition coefficient (Wildman–Crippen LogP) is 3.68. The van der Waals surface area contributed by atoms with Gasteiger partial charge in [-0.2, -0.15) is 0 Å². The van der Waals surface area contributed by atoms with Gasteiger partial charge in [-0.25, -0.2) is 8.42 Å². The van der Waals surface area contributed by atoms with Gasteiger partial charge < -0.3 is 9.30 Å². The van der Waals surface area contributed by atoms with E-state index in [1.807, 2.05) is 19.1 Å². The Labute approximate surface area is 184 Å². The summed E-state index contributed by atoms with van der Waals surface area (Å²) in [5, 5.41) is 1.28. The van der Waals surface area contributed by atoms with Gasteiger partial charge in [-0.05, 0) is 62.1 Å². The SMILES string of the molecule is CO[C@]12C[C@@H](CS(=O)(=O)c3ccc(C)cc3)CN(C)[C@@H]1Cc1cn(C)c3cccc2c13. The number of piperidine rings is 1. The lowest BCUT2D eigenvalue weighted by Crippen LogP contribution is -2.60. The largest absolute Gasteiger partial charge is 0.372 e. The number of hydrogen-bond acceptors (Lipinski definition) is 4. The Kier molecular flexibility index (Phi) is 4.81. The fourth-order valence-electron chi connectivity index (χ4n) is 5.98. The monoisotopic (exact) mass is 438 g/mol. The Morgan fingerprint density at radius 3 is 2.58 bits per heavy atom. The molecule has 0 radical (unpaired) electrons. The van der Waals surface area contributed by atoms with Gasteiger partial charge in [-0.1, -0.05) is 29.8 Å². The summed E-state index contributed by atoms with van der Waals surface area (Å²) in [4.78, 5) is 2.72. The molecule has 2 heterocycles. The van der Waals surface area contributed by atoms with Crippen molar-refractivity contribution in [3.8, 4) is 0 Å². The number of fused-ring (bicyclic) bond motifs is 2. The minimum absolute atomic E-state index is 0.00646. The molecule has 5 nitrogen and oxygen atoms in total. The van der Waals surface area contributed by atoms with Crippen LogP contribution >= 0.6 is 0 Å². The first-order valence-corrected chi connectivity index (χ1v) is 12.5. The van der Waals surface area contributed by atoms with Crippen LogP contribution in [0.5, 0.6) is 0 Å². The van der Waals surface area contributed by atoms with E-state index in [4.69, 9.17) is 4.74 Å². The molecule has 0 unspecified atom stereocenters. The average molecular weight is 439 g/mol. The summed E-state index contributed by atoms with van der Waals surface area (Å²) >= 11 is 0. The molecule has 3 aromatic rings. The lowest BCUT2D eigenvalue weighted by atomic mass is 9.69. The second-order valence-electron chi connectivity index (χ2n) is 9.38. The summed E-state index contributed by atoms with van der Waals surface area (Å²) in [6.45, 7) is 2.72. The van der Waals surface area contributed by atoms with Crippen LogP contribution in [0.3, 0.4) is 0 Å². The van der Waals surface area contributed by atoms with Crippen LogP contribution in [0.15, 0.2) is 53.6 Å². The Morgan fingerprint density at radius 1 is 1.13 bits per heavy atom. The number of sulfone groups is 1. The van der Waals surface area contributed by atoms with E-state index in [0.29, 0.717) is 11.3 Å². The quantitative estimate of drug-likeness (QED) is 0.624. The van der Waals surface area contributed by atoms with E-state index < -0.39 is 15.4 Å². The van der Waals surface area contributed by atoms with Crippen molar-refractivity contribution in [3.05, 3.63) is 65.4 Å². The molecule has 2 aliphatic rings. The number of benzene rings is 2. The van der Waals surface area contributed by atoms with Gasteiger partial charge in [0.25, 0.3) is 0 Å². The number of aromatic nitrogens is 1. The molecule has 0 amide bonds. The lowest BCUT2D eigenvalue weighted by molar-refractivity contribution is -0.122. The molecule has 1 aromatic heterocycles. The molecule has 2 aromatic carbocycles. The number of methoxy groups -OCH3 is 1. The maximum Gasteiger partial charge on any atom is 0.178 e. The van der Waals surface area contributed by atoms with Crippen LogP contribution < -0.4 is 0 Å². The fourth-order valence-corrected chi connectivity index (χ4v) is 7.57. The molecule has 3 atom stereocenters. The van der Waals surface area contributed by atoms with Crippen LogP contribution in [0.25, 0.3) is 10.9 Å². The van der Waals surface area contributed by atoms with Crippen molar-refractivity contribution in [3.63, 3.8) is 0 Å². The first kappa shape index (κ1) is 20.7. The minimum atomic E-state index is -3.37. The highest BCUT2D eigenvalue weighted by molar-refractivity contribution is 7.91. The third kappa shape index (κ3) is 3.15. The zero-order valence-electron chi connectivity index (χ0n) is 18.6. The van der Waals surface area contributed by atoms with Crippen LogP contribution in [0.1, 0.15) is 23.1 Å². The van der Waals surface area contributed by atoms with Crippen LogP contribution in [0.2, 0.25) is 0 Å². The number of ether oxygens (including phenoxy) is 1. The standard InChI is InChI=1S/C25H30N2O3S/c1-17-8-10-20(11-9-17)31(28,29)16-18-13-25(30-4)21-6-5-7-22-24(21)19(15-26(22)2)12-23(25)27(3)14-18/h5-11,15,18,23H,12-14,16H2,1-4H3/t18-,23-,25+/m1/s1. The Hall–Kier alpha value is -2.15. The van der Waals surface area contributed by atoms with Crippen molar-refractivity contribution in [1.29, 1.82) is 0 Å². The molecule has 6 heteroatoms. The summed E-state index contributed by atoms with van der Waals surface area (Å²) in [6, 6.07) is 13.8. The number of likely N-dealkylation sites (N-methyl/N-ethyl adjacent to an activating group) is 1. The van der Waals surface area contributed by atoms with Crippen molar-refractivity contribution < 1.29 is 13.2 Å². The van der Waals surface area contributed by atoms with Gasteiger partial charge in [0, 0.05) is 43.8 Å². The predicted molar refractivity (Wildman–Crippen MR) is 123 cm³/mol. The maximum atomic E-state index is 13.2. The first-order valence-electron chi connectivity index (χ1n) is 10.9. The molecule has 0 spiro atoms. The van der Waals surface area contributed by atoms with Crippen molar-refractivity contribution in [1.82, 2.24) is 9.47 Å². The third-order valence-corrected chi connectivity index (χ3v) is 9.27. The van der Waals surface area contributed by atoms with Gasteiger partial charge in [0.15, 0.2) is 9.84 Å². The number of likely N-dealkylation sites (tertiary alicyclic amines) is 1. The summed E-state index contributed by atoms with van der Waals surface area (Å²) in [5.74, 6) is 0.128. The fraction of sp³-hybridized carbons (Fsp3) is 0.440. The minimum Gasteiger partial charge on any atom is -0.372 e. The molecule has 1 aliphatic heterocycles. The van der Waals surface area contributed by atoms with Gasteiger partial charge in [0.1, 0.15) is 5.60 Å². The molecular weight excluding hydrogens is 408 g/mol. The van der Waals surface area contributed by atoms with Crippen LogP contribution in [-0.4, -0.2) is 50.4 Å². The molecule has 31 heavy (non-hydrogen) atoms. The van der Waals surface area contributed by atoms with Crippen molar-refractivity contribution >= 4 is 20.7 Å². The molecule has 164 valence electrons. The summed E-state index contributed by atoms with van der Waals surface area (Å²) in [6.07, 6.45) is 3.85. The van der Waals surface area contributed by atoms with Gasteiger partial charge in [0.2, 0.25) is 0 Å². The van der Waals surface area contributed by atoms with E-state index in [9.17, 15) is 8.42 Å². The van der Waals surface area contributed by atoms with Crippen molar-refractivity contribution in [2.75, 3.05) is 26.5 Å². The first-order chi connectivity index (χ1) is 14.7. The second kappa shape index (κ2) is 7.19. The number of rotatable bonds is 4. The summed E-state index contributed by atoms with van der Waals surface area (Å²) in [5.41, 5.74) is 4.31. The van der Waals surface area contributed by atoms with Gasteiger partial charge in [0.05, 0.1) is 10.6 Å². The zero-order chi connectivity index (χ0) is 22.0. The zero-order valence-corrected chi connectivity index (χ0v) is 19.4. The highest BCUT2D eigenvalue weighted by atomic mass is 32.2. The van der Waals surface area contributed by atoms with E-state index in [2.05, 4.69) is 48.0 Å². The van der Waals surface area contributed by atoms with Crippen molar-refractivity contribution in [2.24, 2.45) is 13.0 Å². The average Bonchev–Trinajstić information content (AvgIpc) is 3.06. The van der Waals surface area contributed by atoms with Crippen LogP contribution in [-0.2, 0) is 33.6 Å². The van der Waals surface area contributed by atoms with E-state index in [1.54, 1.807) is 19.2 Å². The highest BCUT2D eigenvalue weighted by Crippen LogP contribution is 2.50. The van der Waals surface area contributed by atoms with Crippen molar-refractivity contribution in [2.45, 2.75) is 36.3 Å². The molecule has 0 N–H and O–H groups in total. The Balaban J connectivity index is 1.55. The number of nitrogens with zero attached hydrogens (tertiary/aromatic N) is 2. The second-order valence-corrected chi connectivity index (χ2v) is 11.4. The topological polar surface area (TPSA) is 51.5 Å². The normalized spacial score (nSPS) is 26.2. The Morgan fingerprint density at radius 2 is 1.87 bits per heavy atom. The number of hydrogen-bond donors (Lipinski definition) is 0. The molecule has 0 saturated carbocycles. The van der Waals surface area contributed by atoms with Gasteiger partial charge in [-0.15, -0.1) is 0 Å². The molecule has 5 rings (SSSR count). The van der Waals surface area contributed by atoms with Gasteiger partial charge in [-0.3, -0.25) is 4.90 Å². The molecule has 1 aliphatic carbocycles. The van der Waals surface area contributed by atoms with E-state index in [-0.39, 0.29) is 17.7 Å². The summed E-state index contributed by atoms with van der Waals surface area (Å²) in [7, 11) is 2.61. The van der Waals surface area contributed by atoms with E-state index in [1.165, 1.54) is 22.0 Å².